The lowest BCUT2D eigenvalue weighted by Crippen LogP contribution is -2.49. The van der Waals surface area contributed by atoms with Crippen molar-refractivity contribution in [2.24, 2.45) is 0 Å². The summed E-state index contributed by atoms with van der Waals surface area (Å²) in [6.07, 6.45) is 2.18. The van der Waals surface area contributed by atoms with Gasteiger partial charge in [-0.05, 0) is 83.6 Å². The van der Waals surface area contributed by atoms with Crippen LogP contribution in [0, 0.1) is 25.5 Å². The van der Waals surface area contributed by atoms with Crippen LogP contribution in [0.3, 0.4) is 0 Å². The summed E-state index contributed by atoms with van der Waals surface area (Å²) in [6, 6.07) is 31.4. The highest BCUT2D eigenvalue weighted by Crippen LogP contribution is 2.35. The Bertz CT molecular complexity index is 2430. The molecule has 64 heavy (non-hydrogen) atoms. The number of rotatable bonds is 8. The molecule has 4 aromatic carbocycles. The van der Waals surface area contributed by atoms with Gasteiger partial charge in [-0.2, -0.15) is 13.2 Å². The third kappa shape index (κ3) is 12.0. The molecule has 0 radical (unpaired) electrons. The highest BCUT2D eigenvalue weighted by Gasteiger charge is 2.34. The van der Waals surface area contributed by atoms with Crippen molar-refractivity contribution in [2.45, 2.75) is 46.0 Å². The van der Waals surface area contributed by atoms with Gasteiger partial charge in [-0.1, -0.05) is 86.6 Å². The molecule has 0 aliphatic carbocycles. The first-order valence-corrected chi connectivity index (χ1v) is 21.5. The molecule has 0 saturated carbocycles. The van der Waals surface area contributed by atoms with Crippen molar-refractivity contribution in [3.05, 3.63) is 202 Å². The molecule has 8 nitrogen and oxygen atoms in total. The van der Waals surface area contributed by atoms with E-state index in [1.165, 1.54) is 24.3 Å². The van der Waals surface area contributed by atoms with Crippen LogP contribution in [0.5, 0.6) is 0 Å². The van der Waals surface area contributed by atoms with E-state index in [2.05, 4.69) is 19.8 Å². The summed E-state index contributed by atoms with van der Waals surface area (Å²) in [7, 11) is 0. The molecule has 2 amide bonds. The molecule has 2 fully saturated rings. The normalized spacial score (nSPS) is 15.5. The van der Waals surface area contributed by atoms with Gasteiger partial charge in [0.25, 0.3) is 11.8 Å². The number of benzene rings is 4. The minimum absolute atomic E-state index is 0.0427. The van der Waals surface area contributed by atoms with E-state index in [-0.39, 0.29) is 23.9 Å². The van der Waals surface area contributed by atoms with E-state index < -0.39 is 23.4 Å². The minimum atomic E-state index is -4.40. The number of aromatic nitrogens is 2. The van der Waals surface area contributed by atoms with E-state index in [4.69, 9.17) is 0 Å². The lowest BCUT2D eigenvalue weighted by molar-refractivity contribution is -0.137. The van der Waals surface area contributed by atoms with Crippen LogP contribution in [-0.4, -0.2) is 93.7 Å². The van der Waals surface area contributed by atoms with Crippen LogP contribution in [0.2, 0.25) is 0 Å². The van der Waals surface area contributed by atoms with E-state index in [1.807, 2.05) is 100 Å². The molecular weight excluding hydrogens is 824 g/mol. The molecule has 2 unspecified atom stereocenters. The molecule has 2 aliphatic heterocycles. The van der Waals surface area contributed by atoms with E-state index in [0.29, 0.717) is 74.6 Å². The number of nitrogens with zero attached hydrogens (tertiary/aromatic N) is 6. The molecule has 0 N–H and O–H groups in total. The quantitative estimate of drug-likeness (QED) is 0.142. The molecule has 13 heteroatoms. The number of hydrogen-bond acceptors (Lipinski definition) is 6. The van der Waals surface area contributed by atoms with Crippen molar-refractivity contribution in [1.82, 2.24) is 29.6 Å². The lowest BCUT2D eigenvalue weighted by atomic mass is 9.95. The van der Waals surface area contributed by atoms with Crippen molar-refractivity contribution in [2.75, 3.05) is 52.4 Å². The second-order valence-corrected chi connectivity index (χ2v) is 15.6. The summed E-state index contributed by atoms with van der Waals surface area (Å²) in [5.74, 6) is -1.30. The smallest absolute Gasteiger partial charge is 0.336 e. The van der Waals surface area contributed by atoms with Crippen LogP contribution in [0.1, 0.15) is 85.6 Å². The molecule has 2 saturated heterocycles. The Morgan fingerprint density at radius 2 is 0.906 bits per heavy atom. The van der Waals surface area contributed by atoms with E-state index in [9.17, 15) is 31.5 Å². The first kappa shape index (κ1) is 47.2. The zero-order valence-electron chi connectivity index (χ0n) is 36.5. The molecule has 6 aromatic rings. The van der Waals surface area contributed by atoms with Crippen LogP contribution in [-0.2, 0) is 6.18 Å². The number of carbonyl (C=O) groups is 2. The number of piperazine rings is 2. The Morgan fingerprint density at radius 1 is 0.500 bits per heavy atom. The third-order valence-electron chi connectivity index (χ3n) is 11.1. The van der Waals surface area contributed by atoms with Crippen molar-refractivity contribution < 1.29 is 31.5 Å². The topological polar surface area (TPSA) is 72.9 Å². The van der Waals surface area contributed by atoms with Gasteiger partial charge in [0.2, 0.25) is 0 Å². The maximum absolute atomic E-state index is 13.9. The Kier molecular flexibility index (Phi) is 16.1. The van der Waals surface area contributed by atoms with Gasteiger partial charge in [-0.3, -0.25) is 29.4 Å². The maximum atomic E-state index is 13.9. The fourth-order valence-corrected chi connectivity index (χ4v) is 8.19. The van der Waals surface area contributed by atoms with Crippen LogP contribution < -0.4 is 0 Å². The van der Waals surface area contributed by atoms with Crippen molar-refractivity contribution >= 4 is 11.8 Å². The predicted molar refractivity (Wildman–Crippen MR) is 239 cm³/mol. The molecule has 2 aliphatic rings. The van der Waals surface area contributed by atoms with Gasteiger partial charge < -0.3 is 9.80 Å². The van der Waals surface area contributed by atoms with Crippen LogP contribution >= 0.6 is 0 Å². The molecular formula is C51H53F5N6O2. The summed E-state index contributed by atoms with van der Waals surface area (Å²) in [4.78, 5) is 41.8. The molecule has 334 valence electrons. The molecule has 8 rings (SSSR count). The highest BCUT2D eigenvalue weighted by atomic mass is 19.4. The minimum Gasteiger partial charge on any atom is -0.336 e. The monoisotopic (exact) mass is 876 g/mol. The number of carbonyl (C=O) groups excluding carboxylic acids is 2. The number of halogens is 5. The summed E-state index contributed by atoms with van der Waals surface area (Å²) >= 11 is 0. The van der Waals surface area contributed by atoms with E-state index >= 15 is 0 Å². The number of aryl methyl sites for hydroxylation is 2. The Hall–Kier alpha value is -6.31. The largest absolute Gasteiger partial charge is 0.416 e. The molecule has 2 atom stereocenters. The average molecular weight is 877 g/mol. The first-order valence-electron chi connectivity index (χ1n) is 21.5. The van der Waals surface area contributed by atoms with Gasteiger partial charge in [0.15, 0.2) is 0 Å². The van der Waals surface area contributed by atoms with Gasteiger partial charge in [0.1, 0.15) is 11.6 Å². The second-order valence-electron chi connectivity index (χ2n) is 15.6. The zero-order chi connectivity index (χ0) is 45.8. The fraction of sp³-hybridized carbons (Fsp3) is 0.294. The Morgan fingerprint density at radius 3 is 1.31 bits per heavy atom. The highest BCUT2D eigenvalue weighted by molar-refractivity contribution is 5.94. The lowest BCUT2D eigenvalue weighted by Gasteiger charge is -2.40. The summed E-state index contributed by atoms with van der Waals surface area (Å²) in [5, 5.41) is 0. The van der Waals surface area contributed by atoms with Crippen LogP contribution in [0.15, 0.2) is 140 Å². The zero-order valence-corrected chi connectivity index (χ0v) is 36.5. The summed E-state index contributed by atoms with van der Waals surface area (Å²) in [5.41, 5.74) is 5.39. The third-order valence-corrected chi connectivity index (χ3v) is 11.1. The van der Waals surface area contributed by atoms with Crippen molar-refractivity contribution in [1.29, 1.82) is 0 Å². The van der Waals surface area contributed by atoms with E-state index in [0.717, 1.165) is 34.4 Å². The number of pyridine rings is 2. The predicted octanol–water partition coefficient (Wildman–Crippen LogP) is 10.2. The molecule has 0 bridgehead atoms. The van der Waals surface area contributed by atoms with Gasteiger partial charge in [0.05, 0.1) is 28.8 Å². The molecule has 4 heterocycles. The number of hydrogen-bond donors (Lipinski definition) is 0. The summed E-state index contributed by atoms with van der Waals surface area (Å²) in [6.45, 7) is 12.2. The van der Waals surface area contributed by atoms with Gasteiger partial charge >= 0.3 is 6.18 Å². The standard InChI is InChI=1S/C25H24F3N3O.C24H23F2N3O.C2H6/c1-18-14-21(17-29-16-18)24(32)31-12-10-30(11-13-31)23(19-6-3-2-4-7-19)20-8-5-9-22(15-20)25(26,27)28;1-17-11-20(16-27-15-17)24(30)29-9-7-28(8-10-29)23(18-5-3-2-4-6-18)19-12-21(25)14-22(26)13-19;1-2/h2-9,14-17,23H,10-13H2,1H3;2-6,11-16,23H,7-10H2,1H3;1-2H3. The van der Waals surface area contributed by atoms with Crippen molar-refractivity contribution in [3.63, 3.8) is 0 Å². The number of amides is 2. The Labute approximate surface area is 372 Å². The molecule has 0 spiro atoms. The van der Waals surface area contributed by atoms with E-state index in [1.54, 1.807) is 40.7 Å². The molecule has 2 aromatic heterocycles. The second kappa shape index (κ2) is 21.9. The Balaban J connectivity index is 0.000000205. The number of alkyl halides is 3. The van der Waals surface area contributed by atoms with Crippen LogP contribution in [0.4, 0.5) is 22.0 Å². The first-order chi connectivity index (χ1) is 30.8. The maximum Gasteiger partial charge on any atom is 0.416 e. The van der Waals surface area contributed by atoms with Crippen LogP contribution in [0.25, 0.3) is 0 Å². The SMILES string of the molecule is CC.Cc1cncc(C(=O)N2CCN(C(c3ccccc3)c3cc(F)cc(F)c3)CC2)c1.Cc1cncc(C(=O)N2CCN(C(c3ccccc3)c3cccc(C(F)(F)F)c3)CC2)c1. The van der Waals surface area contributed by atoms with Gasteiger partial charge in [0, 0.05) is 83.2 Å². The fourth-order valence-electron chi connectivity index (χ4n) is 8.19. The van der Waals surface area contributed by atoms with Crippen molar-refractivity contribution in [3.8, 4) is 0 Å². The van der Waals surface area contributed by atoms with Gasteiger partial charge in [-0.25, -0.2) is 8.78 Å². The average Bonchev–Trinajstić information content (AvgIpc) is 3.30. The summed E-state index contributed by atoms with van der Waals surface area (Å²) < 4.78 is 67.9. The van der Waals surface area contributed by atoms with Gasteiger partial charge in [-0.15, -0.1) is 0 Å².